The zero-order valence-electron chi connectivity index (χ0n) is 19.0. The molecule has 0 bridgehead atoms. The van der Waals surface area contributed by atoms with Gasteiger partial charge in [-0.15, -0.1) is 0 Å². The van der Waals surface area contributed by atoms with Crippen LogP contribution in [-0.4, -0.2) is 35.9 Å². The van der Waals surface area contributed by atoms with E-state index in [1.54, 1.807) is 43.5 Å². The van der Waals surface area contributed by atoms with Crippen LogP contribution in [0.2, 0.25) is 0 Å². The molecule has 4 aromatic rings. The lowest BCUT2D eigenvalue weighted by molar-refractivity contribution is 0.168. The first-order chi connectivity index (χ1) is 16.5. The molecule has 174 valence electrons. The summed E-state index contributed by atoms with van der Waals surface area (Å²) in [5, 5.41) is 15.8. The Balaban J connectivity index is 1.79. The predicted octanol–water partition coefficient (Wildman–Crippen LogP) is 5.61. The summed E-state index contributed by atoms with van der Waals surface area (Å²) in [6.07, 6.45) is -0.0433. The Morgan fingerprint density at radius 3 is 2.50 bits per heavy atom. The number of pyridine rings is 1. The Bertz CT molecular complexity index is 1330. The van der Waals surface area contributed by atoms with Crippen LogP contribution >= 0.6 is 0 Å². The fraction of sp³-hybridized carbons (Fsp3) is 0.185. The first-order valence-electron chi connectivity index (χ1n) is 11.1. The number of nitrogens with zero attached hydrogens (tertiary/aromatic N) is 1. The van der Waals surface area contributed by atoms with E-state index in [0.717, 1.165) is 10.9 Å². The van der Waals surface area contributed by atoms with E-state index in [1.165, 1.54) is 6.07 Å². The van der Waals surface area contributed by atoms with E-state index in [4.69, 9.17) is 9.72 Å². The van der Waals surface area contributed by atoms with Crippen LogP contribution in [0.25, 0.3) is 33.3 Å². The monoisotopic (exact) mass is 459 g/mol. The minimum atomic E-state index is -0.594. The van der Waals surface area contributed by atoms with Crippen LogP contribution in [-0.2, 0) is 0 Å². The summed E-state index contributed by atoms with van der Waals surface area (Å²) in [6.45, 7) is 2.00. The molecule has 0 aliphatic heterocycles. The number of methoxy groups -OCH3 is 1. The van der Waals surface area contributed by atoms with Gasteiger partial charge in [0.2, 0.25) is 0 Å². The van der Waals surface area contributed by atoms with E-state index in [2.05, 4.69) is 10.6 Å². The second-order valence-electron chi connectivity index (χ2n) is 7.87. The number of para-hydroxylation sites is 1. The molecule has 0 radical (unpaired) electrons. The third kappa shape index (κ3) is 5.00. The van der Waals surface area contributed by atoms with Crippen LogP contribution in [0.3, 0.4) is 0 Å². The Hall–Kier alpha value is -3.97. The lowest BCUT2D eigenvalue weighted by atomic mass is 9.96. The van der Waals surface area contributed by atoms with Gasteiger partial charge >= 0.3 is 6.03 Å². The molecule has 3 aromatic carbocycles. The van der Waals surface area contributed by atoms with Crippen molar-refractivity contribution in [3.63, 3.8) is 0 Å². The normalized spacial score (nSPS) is 11.8. The Kier molecular flexibility index (Phi) is 7.04. The number of anilines is 1. The van der Waals surface area contributed by atoms with Gasteiger partial charge in [0.1, 0.15) is 11.6 Å². The van der Waals surface area contributed by atoms with Gasteiger partial charge in [-0.2, -0.15) is 0 Å². The highest BCUT2D eigenvalue weighted by Crippen LogP contribution is 2.38. The number of fused-ring (bicyclic) bond motifs is 1. The lowest BCUT2D eigenvalue weighted by Crippen LogP contribution is -2.34. The maximum atomic E-state index is 14.8. The molecule has 0 aliphatic carbocycles. The van der Waals surface area contributed by atoms with Crippen molar-refractivity contribution in [3.05, 3.63) is 78.6 Å². The smallest absolute Gasteiger partial charge is 0.319 e. The molecule has 7 heteroatoms. The number of urea groups is 1. The second-order valence-corrected chi connectivity index (χ2v) is 7.87. The molecule has 34 heavy (non-hydrogen) atoms. The minimum absolute atomic E-state index is 0.164. The quantitative estimate of drug-likeness (QED) is 0.336. The molecule has 2 amide bonds. The van der Waals surface area contributed by atoms with Crippen LogP contribution in [0.1, 0.15) is 13.3 Å². The number of aliphatic hydroxyl groups is 1. The van der Waals surface area contributed by atoms with Crippen LogP contribution in [0, 0.1) is 5.82 Å². The highest BCUT2D eigenvalue weighted by molar-refractivity contribution is 5.96. The molecule has 1 atom stereocenters. The summed E-state index contributed by atoms with van der Waals surface area (Å²) in [5.41, 5.74) is 3.63. The van der Waals surface area contributed by atoms with Gasteiger partial charge in [0.05, 0.1) is 24.4 Å². The van der Waals surface area contributed by atoms with E-state index in [1.807, 2.05) is 37.3 Å². The number of benzene rings is 3. The molecule has 6 nitrogen and oxygen atoms in total. The standard InChI is InChI=1S/C27H26FN3O3/c1-3-19(32)16-29-27(33)30-18-12-13-24-17(14-18)15-22(20-8-4-6-10-23(20)28)26(31-24)21-9-5-7-11-25(21)34-2/h4-15,19,32H,3,16H2,1-2H3,(H2,29,30,33)/t19-/m1/s1. The van der Waals surface area contributed by atoms with Crippen LogP contribution < -0.4 is 15.4 Å². The Morgan fingerprint density at radius 2 is 1.76 bits per heavy atom. The molecule has 3 N–H and O–H groups in total. The highest BCUT2D eigenvalue weighted by atomic mass is 19.1. The molecule has 0 aliphatic rings. The van der Waals surface area contributed by atoms with Crippen LogP contribution in [0.15, 0.2) is 72.8 Å². The Labute approximate surface area is 197 Å². The molecule has 1 aromatic heterocycles. The van der Waals surface area contributed by atoms with Crippen molar-refractivity contribution in [2.75, 3.05) is 19.0 Å². The summed E-state index contributed by atoms with van der Waals surface area (Å²) < 4.78 is 20.4. The van der Waals surface area contributed by atoms with E-state index < -0.39 is 12.1 Å². The molecule has 0 unspecified atom stereocenters. The average Bonchev–Trinajstić information content (AvgIpc) is 2.86. The van der Waals surface area contributed by atoms with Gasteiger partial charge in [-0.1, -0.05) is 37.3 Å². The number of carbonyl (C=O) groups is 1. The van der Waals surface area contributed by atoms with Gasteiger partial charge in [0.25, 0.3) is 0 Å². The van der Waals surface area contributed by atoms with Gasteiger partial charge in [-0.25, -0.2) is 14.2 Å². The van der Waals surface area contributed by atoms with Crippen LogP contribution in [0.4, 0.5) is 14.9 Å². The minimum Gasteiger partial charge on any atom is -0.496 e. The van der Waals surface area contributed by atoms with Crippen molar-refractivity contribution in [2.24, 2.45) is 0 Å². The van der Waals surface area contributed by atoms with Gasteiger partial charge in [0.15, 0.2) is 0 Å². The number of aromatic nitrogens is 1. The fourth-order valence-electron chi connectivity index (χ4n) is 3.71. The zero-order chi connectivity index (χ0) is 24.1. The second kappa shape index (κ2) is 10.3. The zero-order valence-corrected chi connectivity index (χ0v) is 19.0. The topological polar surface area (TPSA) is 83.5 Å². The van der Waals surface area contributed by atoms with E-state index in [9.17, 15) is 14.3 Å². The van der Waals surface area contributed by atoms with Gasteiger partial charge in [-0.05, 0) is 48.9 Å². The predicted molar refractivity (Wildman–Crippen MR) is 132 cm³/mol. The lowest BCUT2D eigenvalue weighted by Gasteiger charge is -2.15. The van der Waals surface area contributed by atoms with Gasteiger partial charge < -0.3 is 20.5 Å². The van der Waals surface area contributed by atoms with Crippen molar-refractivity contribution in [2.45, 2.75) is 19.4 Å². The summed E-state index contributed by atoms with van der Waals surface area (Å²) in [6, 6.07) is 20.8. The fourth-order valence-corrected chi connectivity index (χ4v) is 3.71. The highest BCUT2D eigenvalue weighted by Gasteiger charge is 2.17. The van der Waals surface area contributed by atoms with Crippen molar-refractivity contribution >= 4 is 22.6 Å². The largest absolute Gasteiger partial charge is 0.496 e. The number of halogens is 1. The number of ether oxygens (including phenoxy) is 1. The SMILES string of the molecule is CC[C@@H](O)CNC(=O)Nc1ccc2nc(-c3ccccc3OC)c(-c3ccccc3F)cc2c1. The molecule has 0 fully saturated rings. The van der Waals surface area contributed by atoms with Crippen molar-refractivity contribution < 1.29 is 19.0 Å². The molecule has 0 spiro atoms. The number of amides is 2. The molecule has 1 heterocycles. The molecular weight excluding hydrogens is 433 g/mol. The van der Waals surface area contributed by atoms with E-state index in [-0.39, 0.29) is 12.4 Å². The number of carbonyl (C=O) groups excluding carboxylic acids is 1. The first-order valence-corrected chi connectivity index (χ1v) is 11.1. The third-order valence-corrected chi connectivity index (χ3v) is 5.57. The summed E-state index contributed by atoms with van der Waals surface area (Å²) in [5.74, 6) is 0.277. The maximum absolute atomic E-state index is 14.8. The molecule has 4 rings (SSSR count). The third-order valence-electron chi connectivity index (χ3n) is 5.57. The number of aliphatic hydroxyl groups excluding tert-OH is 1. The average molecular weight is 460 g/mol. The Morgan fingerprint density at radius 1 is 1.03 bits per heavy atom. The number of hydrogen-bond acceptors (Lipinski definition) is 4. The molecule has 0 saturated heterocycles. The van der Waals surface area contributed by atoms with Crippen LogP contribution in [0.5, 0.6) is 5.75 Å². The molecule has 0 saturated carbocycles. The number of hydrogen-bond donors (Lipinski definition) is 3. The summed E-state index contributed by atoms with van der Waals surface area (Å²) in [7, 11) is 1.59. The van der Waals surface area contributed by atoms with Crippen molar-refractivity contribution in [1.82, 2.24) is 10.3 Å². The van der Waals surface area contributed by atoms with Crippen molar-refractivity contribution in [1.29, 1.82) is 0 Å². The number of rotatable bonds is 7. The van der Waals surface area contributed by atoms with Crippen molar-refractivity contribution in [3.8, 4) is 28.1 Å². The summed E-state index contributed by atoms with van der Waals surface area (Å²) >= 11 is 0. The number of nitrogens with one attached hydrogen (secondary N) is 2. The first kappa shape index (κ1) is 23.2. The van der Waals surface area contributed by atoms with E-state index in [0.29, 0.717) is 40.2 Å². The van der Waals surface area contributed by atoms with Gasteiger partial charge in [-0.3, -0.25) is 0 Å². The summed E-state index contributed by atoms with van der Waals surface area (Å²) in [4.78, 5) is 17.1. The molecular formula is C27H26FN3O3. The van der Waals surface area contributed by atoms with E-state index >= 15 is 0 Å². The van der Waals surface area contributed by atoms with Gasteiger partial charge in [0, 0.05) is 34.3 Å². The maximum Gasteiger partial charge on any atom is 0.319 e.